The Morgan fingerprint density at radius 1 is 0.930 bits per heavy atom. The predicted octanol–water partition coefficient (Wildman–Crippen LogP) is 3.66. The zero-order valence-electron chi connectivity index (χ0n) is 23.6. The van der Waals surface area contributed by atoms with Gasteiger partial charge in [0.15, 0.2) is 0 Å². The number of carbonyl (C=O) groups is 4. The first-order valence-electron chi connectivity index (χ1n) is 13.4. The summed E-state index contributed by atoms with van der Waals surface area (Å²) in [6.45, 7) is 0.0943. The van der Waals surface area contributed by atoms with Crippen LogP contribution in [0.1, 0.15) is 34.6 Å². The number of non-ortho nitro benzene ring substituents is 1. The van der Waals surface area contributed by atoms with E-state index < -0.39 is 46.9 Å². The Balaban J connectivity index is 1.63. The highest BCUT2D eigenvalue weighted by atomic mass is 16.6. The average Bonchev–Trinajstić information content (AvgIpc) is 3.04. The zero-order valence-corrected chi connectivity index (χ0v) is 23.6. The molecule has 1 aliphatic rings. The molecule has 3 aromatic carbocycles. The Bertz CT molecular complexity index is 1480. The van der Waals surface area contributed by atoms with Crippen molar-refractivity contribution in [1.82, 2.24) is 10.2 Å². The minimum atomic E-state index is -1.39. The van der Waals surface area contributed by atoms with Gasteiger partial charge in [-0.1, -0.05) is 66.7 Å². The maximum absolute atomic E-state index is 13.9. The minimum Gasteiger partial charge on any atom is -0.469 e. The highest BCUT2D eigenvalue weighted by Crippen LogP contribution is 2.29. The van der Waals surface area contributed by atoms with Gasteiger partial charge in [-0.25, -0.2) is 9.59 Å². The summed E-state index contributed by atoms with van der Waals surface area (Å²) in [4.78, 5) is 64.5. The van der Waals surface area contributed by atoms with Gasteiger partial charge < -0.3 is 19.5 Å². The number of amides is 2. The summed E-state index contributed by atoms with van der Waals surface area (Å²) in [6.07, 6.45) is -0.908. The molecule has 0 aromatic heterocycles. The van der Waals surface area contributed by atoms with E-state index >= 15 is 0 Å². The monoisotopic (exact) mass is 589 g/mol. The Morgan fingerprint density at radius 2 is 1.58 bits per heavy atom. The number of ether oxygens (including phenoxy) is 3. The number of benzene rings is 3. The largest absolute Gasteiger partial charge is 0.469 e. The third kappa shape index (κ3) is 7.53. The number of nitro benzene ring substituents is 1. The number of hydrogen-bond donors (Lipinski definition) is 1. The van der Waals surface area contributed by atoms with E-state index in [1.165, 1.54) is 36.3 Å². The third-order valence-electron chi connectivity index (χ3n) is 7.29. The summed E-state index contributed by atoms with van der Waals surface area (Å²) in [5.41, 5.74) is 2.64. The molecule has 0 fully saturated rings. The molecule has 2 amide bonds. The van der Waals surface area contributed by atoms with Crippen LogP contribution < -0.4 is 5.32 Å². The van der Waals surface area contributed by atoms with Gasteiger partial charge in [0.1, 0.15) is 18.7 Å². The topological polar surface area (TPSA) is 154 Å². The van der Waals surface area contributed by atoms with Crippen molar-refractivity contribution < 1.29 is 38.3 Å². The van der Waals surface area contributed by atoms with Gasteiger partial charge in [0.05, 0.1) is 32.1 Å². The van der Waals surface area contributed by atoms with Crippen molar-refractivity contribution in [1.29, 1.82) is 0 Å². The number of fused-ring (bicyclic) bond motifs is 1. The van der Waals surface area contributed by atoms with E-state index in [1.54, 1.807) is 0 Å². The molecule has 0 aliphatic carbocycles. The fourth-order valence-electron chi connectivity index (χ4n) is 4.99. The molecule has 3 atom stereocenters. The van der Waals surface area contributed by atoms with Gasteiger partial charge in [-0.05, 0) is 22.3 Å². The van der Waals surface area contributed by atoms with Crippen LogP contribution in [0, 0.1) is 10.1 Å². The minimum absolute atomic E-state index is 0.00169. The molecule has 0 bridgehead atoms. The Kier molecular flexibility index (Phi) is 10.0. The molecule has 4 rings (SSSR count). The van der Waals surface area contributed by atoms with Gasteiger partial charge in [0.2, 0.25) is 5.91 Å². The Hall–Kier alpha value is -5.26. The lowest BCUT2D eigenvalue weighted by atomic mass is 9.87. The molecule has 1 N–H and O–H groups in total. The number of nitrogens with one attached hydrogen (secondary N) is 1. The molecular weight excluding hydrogens is 558 g/mol. The molecule has 12 nitrogen and oxygen atoms in total. The summed E-state index contributed by atoms with van der Waals surface area (Å²) in [7, 11) is 2.32. The fraction of sp³-hybridized carbons (Fsp3) is 0.290. The van der Waals surface area contributed by atoms with Gasteiger partial charge in [0.25, 0.3) is 5.69 Å². The highest BCUT2D eigenvalue weighted by molar-refractivity contribution is 5.91. The molecular formula is C31H31N3O9. The van der Waals surface area contributed by atoms with Crippen molar-refractivity contribution in [3.63, 3.8) is 0 Å². The van der Waals surface area contributed by atoms with Crippen LogP contribution in [0.25, 0.3) is 0 Å². The highest BCUT2D eigenvalue weighted by Gasteiger charge is 2.40. The van der Waals surface area contributed by atoms with Gasteiger partial charge in [0, 0.05) is 24.5 Å². The lowest BCUT2D eigenvalue weighted by Gasteiger charge is -2.36. The van der Waals surface area contributed by atoms with Crippen molar-refractivity contribution in [3.8, 4) is 0 Å². The standard InChI is InChI=1S/C31H31N3O9/c1-41-27(35)17-25(21-12-14-24(15-13-21)34(39)40)28(30(37)42-2)32-29(36)26-16-22-10-6-7-11-23(22)18-33(26)31(38)43-19-20-8-4-3-5-9-20/h3-15,25-26,28H,16-19H2,1-2H3,(H,32,36)/t25-,26-,28-/m0/s1. The molecule has 1 aliphatic heterocycles. The molecule has 0 saturated carbocycles. The average molecular weight is 590 g/mol. The van der Waals surface area contributed by atoms with E-state index in [1.807, 2.05) is 54.6 Å². The molecule has 224 valence electrons. The van der Waals surface area contributed by atoms with Crippen LogP contribution in [0.4, 0.5) is 10.5 Å². The van der Waals surface area contributed by atoms with Crippen molar-refractivity contribution in [2.45, 2.75) is 44.0 Å². The first kappa shape index (κ1) is 30.7. The lowest BCUT2D eigenvalue weighted by molar-refractivity contribution is -0.384. The number of esters is 2. The molecule has 0 unspecified atom stereocenters. The zero-order chi connectivity index (χ0) is 30.9. The number of rotatable bonds is 10. The first-order chi connectivity index (χ1) is 20.7. The maximum atomic E-state index is 13.9. The second-order valence-electron chi connectivity index (χ2n) is 9.90. The van der Waals surface area contributed by atoms with Crippen molar-refractivity contribution in [3.05, 3.63) is 111 Å². The molecule has 12 heteroatoms. The summed E-state index contributed by atoms with van der Waals surface area (Å²) < 4.78 is 15.3. The van der Waals surface area contributed by atoms with Crippen LogP contribution in [0.2, 0.25) is 0 Å². The molecule has 3 aromatic rings. The van der Waals surface area contributed by atoms with E-state index in [-0.39, 0.29) is 31.7 Å². The SMILES string of the molecule is COC(=O)C[C@@H](c1ccc([N+](=O)[O-])cc1)[C@H](NC(=O)[C@@H]1Cc2ccccc2CN1C(=O)OCc1ccccc1)C(=O)OC. The molecule has 0 radical (unpaired) electrons. The quantitative estimate of drug-likeness (QED) is 0.161. The first-order valence-corrected chi connectivity index (χ1v) is 13.4. The van der Waals surface area contributed by atoms with Gasteiger partial charge in [-0.2, -0.15) is 0 Å². The summed E-state index contributed by atoms with van der Waals surface area (Å²) >= 11 is 0. The van der Waals surface area contributed by atoms with Crippen LogP contribution in [0.15, 0.2) is 78.9 Å². The van der Waals surface area contributed by atoms with Crippen LogP contribution in [0.3, 0.4) is 0 Å². The third-order valence-corrected chi connectivity index (χ3v) is 7.29. The van der Waals surface area contributed by atoms with Crippen LogP contribution in [0.5, 0.6) is 0 Å². The lowest BCUT2D eigenvalue weighted by Crippen LogP contribution is -2.57. The Morgan fingerprint density at radius 3 is 2.21 bits per heavy atom. The van der Waals surface area contributed by atoms with E-state index in [0.29, 0.717) is 5.56 Å². The summed E-state index contributed by atoms with van der Waals surface area (Å²) in [6, 6.07) is 19.3. The number of nitrogens with zero attached hydrogens (tertiary/aromatic N) is 2. The molecule has 0 spiro atoms. The van der Waals surface area contributed by atoms with Crippen LogP contribution in [-0.4, -0.2) is 60.1 Å². The fourth-order valence-corrected chi connectivity index (χ4v) is 4.99. The van der Waals surface area contributed by atoms with Gasteiger partial charge in [-0.3, -0.25) is 24.6 Å². The van der Waals surface area contributed by atoms with Crippen LogP contribution >= 0.6 is 0 Å². The predicted molar refractivity (Wildman–Crippen MR) is 153 cm³/mol. The van der Waals surface area contributed by atoms with E-state index in [0.717, 1.165) is 23.8 Å². The van der Waals surface area contributed by atoms with Crippen molar-refractivity contribution in [2.24, 2.45) is 0 Å². The number of methoxy groups -OCH3 is 2. The van der Waals surface area contributed by atoms with Gasteiger partial charge >= 0.3 is 18.0 Å². The summed E-state index contributed by atoms with van der Waals surface area (Å²) in [5.74, 6) is -3.20. The van der Waals surface area contributed by atoms with E-state index in [9.17, 15) is 29.3 Å². The van der Waals surface area contributed by atoms with Crippen molar-refractivity contribution >= 4 is 29.6 Å². The van der Waals surface area contributed by atoms with Crippen LogP contribution in [-0.2, 0) is 48.2 Å². The number of hydrogen-bond acceptors (Lipinski definition) is 9. The smallest absolute Gasteiger partial charge is 0.411 e. The summed E-state index contributed by atoms with van der Waals surface area (Å²) in [5, 5.41) is 13.9. The maximum Gasteiger partial charge on any atom is 0.411 e. The molecule has 1 heterocycles. The second-order valence-corrected chi connectivity index (χ2v) is 9.90. The molecule has 43 heavy (non-hydrogen) atoms. The second kappa shape index (κ2) is 14.1. The van der Waals surface area contributed by atoms with Gasteiger partial charge in [-0.15, -0.1) is 0 Å². The number of carbonyl (C=O) groups excluding carboxylic acids is 4. The normalized spacial score (nSPS) is 15.3. The Labute approximate surface area is 247 Å². The van der Waals surface area contributed by atoms with E-state index in [4.69, 9.17) is 14.2 Å². The molecule has 0 saturated heterocycles. The van der Waals surface area contributed by atoms with E-state index in [2.05, 4.69) is 5.32 Å². The number of nitro groups is 1. The van der Waals surface area contributed by atoms with Crippen molar-refractivity contribution in [2.75, 3.05) is 14.2 Å².